The van der Waals surface area contributed by atoms with Crippen molar-refractivity contribution in [2.24, 2.45) is 0 Å². The third kappa shape index (κ3) is 7.45. The summed E-state index contributed by atoms with van der Waals surface area (Å²) >= 11 is 7.51. The highest BCUT2D eigenvalue weighted by atomic mass is 79.9. The van der Waals surface area contributed by atoms with Gasteiger partial charge < -0.3 is 9.80 Å². The number of benzene rings is 1. The van der Waals surface area contributed by atoms with Gasteiger partial charge >= 0.3 is 0 Å². The molecule has 1 fully saturated rings. The normalized spacial score (nSPS) is 20.3. The summed E-state index contributed by atoms with van der Waals surface area (Å²) in [6.45, 7) is 1.87. The van der Waals surface area contributed by atoms with Gasteiger partial charge in [0.2, 0.25) is 5.91 Å². The van der Waals surface area contributed by atoms with Gasteiger partial charge in [-0.15, -0.1) is 23.5 Å². The average molecular weight is 460 g/mol. The molecular formula is C20H31BrN2OS2. The summed E-state index contributed by atoms with van der Waals surface area (Å²) in [4.78, 5) is 17.8. The second kappa shape index (κ2) is 11.6. The Labute approximate surface area is 175 Å². The second-order valence-corrected chi connectivity index (χ2v) is 10.6. The van der Waals surface area contributed by atoms with E-state index >= 15 is 0 Å². The Hall–Kier alpha value is -0.170. The molecule has 1 aliphatic rings. The monoisotopic (exact) mass is 458 g/mol. The van der Waals surface area contributed by atoms with Crippen molar-refractivity contribution in [2.75, 3.05) is 40.0 Å². The zero-order valence-electron chi connectivity index (χ0n) is 16.1. The van der Waals surface area contributed by atoms with Crippen LogP contribution in [0.5, 0.6) is 0 Å². The van der Waals surface area contributed by atoms with E-state index < -0.39 is 0 Å². The van der Waals surface area contributed by atoms with E-state index in [1.807, 2.05) is 35.5 Å². The molecule has 0 spiro atoms. The van der Waals surface area contributed by atoms with Gasteiger partial charge in [-0.25, -0.2) is 0 Å². The average Bonchev–Trinajstić information content (AvgIpc) is 2.62. The number of carbonyl (C=O) groups is 1. The molecule has 3 nitrogen and oxygen atoms in total. The van der Waals surface area contributed by atoms with Crippen LogP contribution in [0.25, 0.3) is 0 Å². The summed E-state index contributed by atoms with van der Waals surface area (Å²) in [5.41, 5.74) is 0. The van der Waals surface area contributed by atoms with Crippen LogP contribution < -0.4 is 0 Å². The molecule has 2 rings (SSSR count). The Morgan fingerprint density at radius 3 is 2.50 bits per heavy atom. The van der Waals surface area contributed by atoms with Gasteiger partial charge in [-0.3, -0.25) is 4.79 Å². The first kappa shape index (κ1) is 22.1. The maximum Gasteiger partial charge on any atom is 0.232 e. The molecule has 2 unspecified atom stereocenters. The van der Waals surface area contributed by atoms with E-state index in [9.17, 15) is 4.79 Å². The number of hydrogen-bond donors (Lipinski definition) is 0. The van der Waals surface area contributed by atoms with E-state index in [1.54, 1.807) is 0 Å². The Morgan fingerprint density at radius 2 is 1.81 bits per heavy atom. The van der Waals surface area contributed by atoms with Gasteiger partial charge in [-0.1, -0.05) is 25.0 Å². The Bertz CT molecular complexity index is 570. The first-order valence-corrected chi connectivity index (χ1v) is 12.1. The number of carbonyl (C=O) groups excluding carboxylic acids is 1. The van der Waals surface area contributed by atoms with Crippen LogP contribution in [-0.2, 0) is 4.79 Å². The van der Waals surface area contributed by atoms with Crippen molar-refractivity contribution in [3.8, 4) is 0 Å². The fourth-order valence-corrected chi connectivity index (χ4v) is 6.59. The molecule has 1 saturated carbocycles. The Morgan fingerprint density at radius 1 is 1.12 bits per heavy atom. The standard InChI is InChI=1S/C20H31BrN2OS2/c1-22(2)13-8-14-23(3)20(24)15-25-18-11-6-7-12-19(18)26-17-10-5-4-9-16(17)21/h4-5,9-10,18-19H,6-8,11-15H2,1-3H3. The summed E-state index contributed by atoms with van der Waals surface area (Å²) in [7, 11) is 6.08. The highest BCUT2D eigenvalue weighted by Crippen LogP contribution is 2.41. The van der Waals surface area contributed by atoms with Crippen molar-refractivity contribution in [2.45, 2.75) is 47.5 Å². The van der Waals surface area contributed by atoms with Crippen LogP contribution in [0, 0.1) is 0 Å². The van der Waals surface area contributed by atoms with E-state index in [2.05, 4.69) is 59.2 Å². The zero-order chi connectivity index (χ0) is 18.9. The van der Waals surface area contributed by atoms with Crippen LogP contribution in [0.15, 0.2) is 33.6 Å². The van der Waals surface area contributed by atoms with Crippen LogP contribution in [0.3, 0.4) is 0 Å². The van der Waals surface area contributed by atoms with Crippen LogP contribution >= 0.6 is 39.5 Å². The molecule has 146 valence electrons. The lowest BCUT2D eigenvalue weighted by molar-refractivity contribution is -0.127. The number of nitrogens with zero attached hydrogens (tertiary/aromatic N) is 2. The molecule has 6 heteroatoms. The molecule has 2 atom stereocenters. The van der Waals surface area contributed by atoms with Gasteiger partial charge in [0.15, 0.2) is 0 Å². The minimum absolute atomic E-state index is 0.268. The number of rotatable bonds is 9. The van der Waals surface area contributed by atoms with Crippen LogP contribution in [0.4, 0.5) is 0 Å². The third-order valence-electron chi connectivity index (χ3n) is 4.70. The van der Waals surface area contributed by atoms with E-state index in [-0.39, 0.29) is 5.91 Å². The first-order chi connectivity index (χ1) is 12.5. The lowest BCUT2D eigenvalue weighted by Gasteiger charge is -2.31. The highest BCUT2D eigenvalue weighted by Gasteiger charge is 2.27. The van der Waals surface area contributed by atoms with E-state index in [4.69, 9.17) is 0 Å². The van der Waals surface area contributed by atoms with Crippen molar-refractivity contribution in [3.05, 3.63) is 28.7 Å². The molecule has 0 bridgehead atoms. The molecule has 0 heterocycles. The maximum atomic E-state index is 12.5. The summed E-state index contributed by atoms with van der Waals surface area (Å²) < 4.78 is 1.18. The molecule has 0 aromatic heterocycles. The van der Waals surface area contributed by atoms with Crippen molar-refractivity contribution in [3.63, 3.8) is 0 Å². The summed E-state index contributed by atoms with van der Waals surface area (Å²) in [6.07, 6.45) is 6.10. The lowest BCUT2D eigenvalue weighted by Crippen LogP contribution is -2.33. The van der Waals surface area contributed by atoms with Crippen LogP contribution in [-0.4, -0.2) is 66.2 Å². The van der Waals surface area contributed by atoms with Crippen molar-refractivity contribution in [1.82, 2.24) is 9.80 Å². The predicted molar refractivity (Wildman–Crippen MR) is 119 cm³/mol. The molecule has 1 amide bonds. The van der Waals surface area contributed by atoms with E-state index in [1.165, 1.54) is 35.1 Å². The fraction of sp³-hybridized carbons (Fsp3) is 0.650. The lowest BCUT2D eigenvalue weighted by atomic mass is 10.00. The topological polar surface area (TPSA) is 23.6 Å². The van der Waals surface area contributed by atoms with Crippen molar-refractivity contribution < 1.29 is 4.79 Å². The zero-order valence-corrected chi connectivity index (χ0v) is 19.3. The number of hydrogen-bond acceptors (Lipinski definition) is 4. The minimum Gasteiger partial charge on any atom is -0.345 e. The van der Waals surface area contributed by atoms with Gasteiger partial charge in [-0.2, -0.15) is 0 Å². The number of halogens is 1. The number of thioether (sulfide) groups is 2. The molecule has 0 aliphatic heterocycles. The smallest absolute Gasteiger partial charge is 0.232 e. The van der Waals surface area contributed by atoms with Gasteiger partial charge in [0.25, 0.3) is 0 Å². The largest absolute Gasteiger partial charge is 0.345 e. The fourth-order valence-electron chi connectivity index (χ4n) is 3.13. The van der Waals surface area contributed by atoms with E-state index in [0.29, 0.717) is 16.3 Å². The Balaban J connectivity index is 1.82. The Kier molecular flexibility index (Phi) is 9.89. The minimum atomic E-state index is 0.268. The van der Waals surface area contributed by atoms with Gasteiger partial charge in [0.1, 0.15) is 0 Å². The maximum absolute atomic E-state index is 12.5. The quantitative estimate of drug-likeness (QED) is 0.519. The summed E-state index contributed by atoms with van der Waals surface area (Å²) in [6, 6.07) is 8.46. The summed E-state index contributed by atoms with van der Waals surface area (Å²) in [5.74, 6) is 0.875. The first-order valence-electron chi connectivity index (χ1n) is 9.39. The molecule has 1 aliphatic carbocycles. The molecule has 26 heavy (non-hydrogen) atoms. The van der Waals surface area contributed by atoms with Crippen LogP contribution in [0.2, 0.25) is 0 Å². The highest BCUT2D eigenvalue weighted by molar-refractivity contribution is 9.10. The van der Waals surface area contributed by atoms with Crippen molar-refractivity contribution >= 4 is 45.4 Å². The van der Waals surface area contributed by atoms with E-state index in [0.717, 1.165) is 19.5 Å². The predicted octanol–water partition coefficient (Wildman–Crippen LogP) is 5.00. The van der Waals surface area contributed by atoms with Gasteiger partial charge in [0.05, 0.1) is 5.75 Å². The van der Waals surface area contributed by atoms with Crippen LogP contribution in [0.1, 0.15) is 32.1 Å². The molecule has 0 N–H and O–H groups in total. The molecule has 1 aromatic rings. The third-order valence-corrected chi connectivity index (χ3v) is 8.71. The van der Waals surface area contributed by atoms with Crippen molar-refractivity contribution in [1.29, 1.82) is 0 Å². The van der Waals surface area contributed by atoms with Gasteiger partial charge in [-0.05, 0) is 68.0 Å². The molecule has 0 saturated heterocycles. The molecule has 1 aromatic carbocycles. The summed E-state index contributed by atoms with van der Waals surface area (Å²) in [5, 5.41) is 1.17. The SMILES string of the molecule is CN(C)CCCN(C)C(=O)CSC1CCCCC1Sc1ccccc1Br. The molecular weight excluding hydrogens is 428 g/mol. The molecule has 0 radical (unpaired) electrons. The number of amides is 1. The second-order valence-electron chi connectivity index (χ2n) is 7.19. The van der Waals surface area contributed by atoms with Gasteiger partial charge in [0, 0.05) is 33.5 Å².